The quantitative estimate of drug-likeness (QED) is 0.708. The van der Waals surface area contributed by atoms with Crippen molar-refractivity contribution in [2.45, 2.75) is 62.7 Å². The van der Waals surface area contributed by atoms with Crippen molar-refractivity contribution in [3.63, 3.8) is 0 Å². The number of hydrogen-bond donors (Lipinski definition) is 2. The number of nitrogens with zero attached hydrogens (tertiary/aromatic N) is 2. The third-order valence-corrected chi connectivity index (χ3v) is 8.12. The van der Waals surface area contributed by atoms with E-state index in [1.165, 1.54) is 25.7 Å². The number of hydrogen-bond acceptors (Lipinski definition) is 6. The Morgan fingerprint density at radius 2 is 1.78 bits per heavy atom. The molecule has 1 aromatic rings. The number of anilines is 2. The Balaban J connectivity index is 1.32. The van der Waals surface area contributed by atoms with E-state index in [-0.39, 0.29) is 11.9 Å². The molecule has 4 saturated heterocycles. The van der Waals surface area contributed by atoms with Crippen LogP contribution in [0.5, 0.6) is 0 Å². The number of nitrogens with one attached hydrogen (secondary N) is 2. The summed E-state index contributed by atoms with van der Waals surface area (Å²) in [6.07, 6.45) is 6.80. The molecule has 6 rings (SSSR count). The highest BCUT2D eigenvalue weighted by Gasteiger charge is 2.41. The first-order chi connectivity index (χ1) is 15.7. The number of rotatable bonds is 3. The number of carbonyl (C=O) groups excluding carboxylic acids is 1. The van der Waals surface area contributed by atoms with Crippen molar-refractivity contribution in [1.29, 1.82) is 0 Å². The zero-order valence-corrected chi connectivity index (χ0v) is 18.9. The van der Waals surface area contributed by atoms with Crippen LogP contribution in [0, 0.1) is 0 Å². The van der Waals surface area contributed by atoms with Crippen molar-refractivity contribution >= 4 is 22.9 Å². The Morgan fingerprint density at radius 1 is 1.00 bits per heavy atom. The monoisotopic (exact) mass is 438 g/mol. The molecule has 0 saturated carbocycles. The Labute approximate surface area is 190 Å². The van der Waals surface area contributed by atoms with Gasteiger partial charge >= 0.3 is 0 Å². The van der Waals surface area contributed by atoms with E-state index >= 15 is 0 Å². The van der Waals surface area contributed by atoms with Crippen LogP contribution in [-0.4, -0.2) is 75.0 Å². The Bertz CT molecular complexity index is 904. The first-order valence-electron chi connectivity index (χ1n) is 12.3. The van der Waals surface area contributed by atoms with E-state index in [9.17, 15) is 4.79 Å². The van der Waals surface area contributed by atoms with Gasteiger partial charge in [0.2, 0.25) is 0 Å². The van der Waals surface area contributed by atoms with Crippen LogP contribution in [0.15, 0.2) is 23.9 Å². The molecule has 4 fully saturated rings. The normalized spacial score (nSPS) is 33.3. The van der Waals surface area contributed by atoms with E-state index in [0.717, 1.165) is 60.8 Å². The van der Waals surface area contributed by atoms with Gasteiger partial charge in [-0.15, -0.1) is 0 Å². The maximum absolute atomic E-state index is 13.7. The van der Waals surface area contributed by atoms with Gasteiger partial charge in [0, 0.05) is 55.2 Å². The summed E-state index contributed by atoms with van der Waals surface area (Å²) in [5.74, 6) is 0.106. The molecule has 1 aromatic carbocycles. The molecule has 2 unspecified atom stereocenters. The standard InChI is InChI=1S/C25H34N4O3/c1-28-19-3-4-20(28)13-17(12-19)27-16-2-5-23-21(14-16)24(22-15-32-11-8-26-22)25(30)29(23)18-6-9-31-10-7-18/h2,5,14,17-20,26-27H,3-4,6-13,15H2,1H3/b24-22-/t17?,19-,20?/m0/s1. The van der Waals surface area contributed by atoms with E-state index in [1.807, 2.05) is 4.90 Å². The molecule has 2 N–H and O–H groups in total. The van der Waals surface area contributed by atoms with E-state index in [4.69, 9.17) is 9.47 Å². The van der Waals surface area contributed by atoms with Crippen molar-refractivity contribution in [2.75, 3.05) is 50.2 Å². The lowest BCUT2D eigenvalue weighted by Gasteiger charge is -2.37. The largest absolute Gasteiger partial charge is 0.383 e. The lowest BCUT2D eigenvalue weighted by Crippen LogP contribution is -2.44. The van der Waals surface area contributed by atoms with E-state index in [0.29, 0.717) is 31.3 Å². The molecule has 0 radical (unpaired) electrons. The van der Waals surface area contributed by atoms with Gasteiger partial charge in [-0.1, -0.05) is 0 Å². The molecular weight excluding hydrogens is 404 g/mol. The van der Waals surface area contributed by atoms with Gasteiger partial charge in [0.05, 0.1) is 30.2 Å². The highest BCUT2D eigenvalue weighted by atomic mass is 16.5. The molecule has 7 nitrogen and oxygen atoms in total. The fraction of sp³-hybridized carbons (Fsp3) is 0.640. The Kier molecular flexibility index (Phi) is 5.36. The Hall–Kier alpha value is -2.09. The molecule has 1 amide bonds. The van der Waals surface area contributed by atoms with Crippen molar-refractivity contribution in [3.05, 3.63) is 29.5 Å². The second-order valence-electron chi connectivity index (χ2n) is 9.95. The van der Waals surface area contributed by atoms with Crippen molar-refractivity contribution in [1.82, 2.24) is 10.2 Å². The molecule has 5 aliphatic rings. The van der Waals surface area contributed by atoms with Crippen LogP contribution in [-0.2, 0) is 14.3 Å². The second kappa shape index (κ2) is 8.36. The van der Waals surface area contributed by atoms with Gasteiger partial charge in [0.25, 0.3) is 5.91 Å². The SMILES string of the molecule is CN1C2CC[C@H]1CC(Nc1ccc3c(c1)/C(=C1\COCCN1)C(=O)N3C1CCOCC1)C2. The minimum Gasteiger partial charge on any atom is -0.383 e. The summed E-state index contributed by atoms with van der Waals surface area (Å²) in [5, 5.41) is 7.25. The number of amides is 1. The highest BCUT2D eigenvalue weighted by Crippen LogP contribution is 2.43. The Morgan fingerprint density at radius 3 is 2.50 bits per heavy atom. The number of piperidine rings is 1. The minimum absolute atomic E-state index is 0.106. The summed E-state index contributed by atoms with van der Waals surface area (Å²) >= 11 is 0. The molecule has 0 spiro atoms. The molecule has 7 heteroatoms. The summed E-state index contributed by atoms with van der Waals surface area (Å²) in [6.45, 7) is 3.33. The first-order valence-corrected chi connectivity index (χ1v) is 12.3. The van der Waals surface area contributed by atoms with Crippen LogP contribution < -0.4 is 15.5 Å². The lowest BCUT2D eigenvalue weighted by molar-refractivity contribution is -0.113. The van der Waals surface area contributed by atoms with Crippen molar-refractivity contribution < 1.29 is 14.3 Å². The zero-order chi connectivity index (χ0) is 21.7. The third kappa shape index (κ3) is 3.51. The second-order valence-corrected chi connectivity index (χ2v) is 9.95. The van der Waals surface area contributed by atoms with Crippen molar-refractivity contribution in [3.8, 4) is 0 Å². The van der Waals surface area contributed by atoms with Gasteiger partial charge in [0.15, 0.2) is 0 Å². The van der Waals surface area contributed by atoms with Gasteiger partial charge in [-0.05, 0) is 63.8 Å². The molecule has 0 aromatic heterocycles. The lowest BCUT2D eigenvalue weighted by atomic mass is 9.97. The fourth-order valence-electron chi connectivity index (χ4n) is 6.40. The third-order valence-electron chi connectivity index (χ3n) is 8.12. The first kappa shape index (κ1) is 20.5. The van der Waals surface area contributed by atoms with Gasteiger partial charge in [-0.25, -0.2) is 0 Å². The van der Waals surface area contributed by atoms with Crippen LogP contribution in [0.2, 0.25) is 0 Å². The van der Waals surface area contributed by atoms with E-state index in [1.54, 1.807) is 0 Å². The molecule has 0 aliphatic carbocycles. The summed E-state index contributed by atoms with van der Waals surface area (Å²) in [5.41, 5.74) is 4.90. The fourth-order valence-corrected chi connectivity index (χ4v) is 6.40. The van der Waals surface area contributed by atoms with Gasteiger partial charge in [-0.2, -0.15) is 0 Å². The zero-order valence-electron chi connectivity index (χ0n) is 18.9. The number of fused-ring (bicyclic) bond motifs is 3. The molecular formula is C25H34N4O3. The molecule has 3 atom stereocenters. The van der Waals surface area contributed by atoms with E-state index < -0.39 is 0 Å². The number of ether oxygens (including phenoxy) is 2. The maximum Gasteiger partial charge on any atom is 0.261 e. The van der Waals surface area contributed by atoms with Crippen LogP contribution in [0.1, 0.15) is 44.1 Å². The molecule has 5 heterocycles. The molecule has 2 bridgehead atoms. The molecule has 172 valence electrons. The van der Waals surface area contributed by atoms with Crippen LogP contribution >= 0.6 is 0 Å². The van der Waals surface area contributed by atoms with Gasteiger partial charge in [-0.3, -0.25) is 4.79 Å². The summed E-state index contributed by atoms with van der Waals surface area (Å²) < 4.78 is 11.3. The average molecular weight is 439 g/mol. The summed E-state index contributed by atoms with van der Waals surface area (Å²) in [4.78, 5) is 18.3. The summed E-state index contributed by atoms with van der Waals surface area (Å²) in [7, 11) is 2.28. The minimum atomic E-state index is 0.106. The van der Waals surface area contributed by atoms with E-state index in [2.05, 4.69) is 40.8 Å². The number of carbonyl (C=O) groups is 1. The smallest absolute Gasteiger partial charge is 0.261 e. The van der Waals surface area contributed by atoms with Crippen LogP contribution in [0.25, 0.3) is 5.57 Å². The summed E-state index contributed by atoms with van der Waals surface area (Å²) in [6, 6.07) is 8.60. The van der Waals surface area contributed by atoms with Crippen LogP contribution in [0.3, 0.4) is 0 Å². The predicted molar refractivity (Wildman–Crippen MR) is 125 cm³/mol. The van der Waals surface area contributed by atoms with Gasteiger partial charge < -0.3 is 29.9 Å². The number of morpholine rings is 1. The maximum atomic E-state index is 13.7. The van der Waals surface area contributed by atoms with Crippen LogP contribution in [0.4, 0.5) is 11.4 Å². The topological polar surface area (TPSA) is 66.1 Å². The predicted octanol–water partition coefficient (Wildman–Crippen LogP) is 2.58. The average Bonchev–Trinajstić information content (AvgIpc) is 3.20. The molecule has 32 heavy (non-hydrogen) atoms. The van der Waals surface area contributed by atoms with Gasteiger partial charge in [0.1, 0.15) is 0 Å². The highest BCUT2D eigenvalue weighted by molar-refractivity contribution is 6.33. The molecule has 5 aliphatic heterocycles. The van der Waals surface area contributed by atoms with Crippen molar-refractivity contribution in [2.24, 2.45) is 0 Å². The number of benzene rings is 1.